The lowest BCUT2D eigenvalue weighted by Gasteiger charge is -2.32. The molecule has 3 N–H and O–H groups in total. The van der Waals surface area contributed by atoms with Gasteiger partial charge in [-0.25, -0.2) is 0 Å². The van der Waals surface area contributed by atoms with E-state index in [1.807, 2.05) is 13.8 Å². The molecule has 1 aromatic rings. The van der Waals surface area contributed by atoms with Gasteiger partial charge in [-0.2, -0.15) is 9.97 Å². The number of nitrogens with one attached hydrogen (secondary N) is 1. The van der Waals surface area contributed by atoms with Crippen LogP contribution in [-0.4, -0.2) is 41.6 Å². The van der Waals surface area contributed by atoms with Gasteiger partial charge in [-0.1, -0.05) is 0 Å². The largest absolute Gasteiger partial charge is 0.475 e. The van der Waals surface area contributed by atoms with Crippen LogP contribution >= 0.6 is 0 Å². The molecular formula is C15H23N5O2. The minimum atomic E-state index is -0.281. The van der Waals surface area contributed by atoms with Crippen LogP contribution in [0.15, 0.2) is 6.07 Å². The highest BCUT2D eigenvalue weighted by molar-refractivity contribution is 5.84. The third-order valence-electron chi connectivity index (χ3n) is 4.34. The summed E-state index contributed by atoms with van der Waals surface area (Å²) >= 11 is 0. The van der Waals surface area contributed by atoms with Crippen molar-refractivity contribution in [2.24, 2.45) is 5.41 Å². The number of aromatic nitrogens is 2. The van der Waals surface area contributed by atoms with E-state index in [9.17, 15) is 4.79 Å². The Kier molecular flexibility index (Phi) is 3.80. The average molecular weight is 305 g/mol. The van der Waals surface area contributed by atoms with Crippen molar-refractivity contribution in [2.75, 3.05) is 30.3 Å². The Morgan fingerprint density at radius 2 is 2.23 bits per heavy atom. The van der Waals surface area contributed by atoms with Gasteiger partial charge in [-0.3, -0.25) is 4.79 Å². The molecule has 2 aliphatic heterocycles. The number of anilines is 2. The average Bonchev–Trinajstić information content (AvgIpc) is 2.86. The predicted octanol–water partition coefficient (Wildman–Crippen LogP) is 0.952. The number of hydrogen-bond acceptors (Lipinski definition) is 6. The van der Waals surface area contributed by atoms with E-state index >= 15 is 0 Å². The summed E-state index contributed by atoms with van der Waals surface area (Å²) in [5.74, 6) is 1.58. The molecule has 1 amide bonds. The zero-order valence-electron chi connectivity index (χ0n) is 13.1. The first-order chi connectivity index (χ1) is 10.5. The Morgan fingerprint density at radius 3 is 2.95 bits per heavy atom. The highest BCUT2D eigenvalue weighted by atomic mass is 16.5. The number of piperidine rings is 1. The minimum absolute atomic E-state index is 0.0243. The zero-order chi connectivity index (χ0) is 15.7. The van der Waals surface area contributed by atoms with E-state index in [0.29, 0.717) is 12.4 Å². The van der Waals surface area contributed by atoms with Crippen molar-refractivity contribution in [1.82, 2.24) is 15.3 Å². The Morgan fingerprint density at radius 1 is 1.41 bits per heavy atom. The molecule has 3 heterocycles. The van der Waals surface area contributed by atoms with E-state index in [1.54, 1.807) is 6.07 Å². The lowest BCUT2D eigenvalue weighted by molar-refractivity contribution is -0.132. The van der Waals surface area contributed by atoms with Gasteiger partial charge in [0.25, 0.3) is 0 Å². The molecule has 1 atom stereocenters. The Hall–Kier alpha value is -2.05. The monoisotopic (exact) mass is 305 g/mol. The summed E-state index contributed by atoms with van der Waals surface area (Å²) in [5, 5.41) is 2.99. The zero-order valence-corrected chi connectivity index (χ0v) is 13.1. The van der Waals surface area contributed by atoms with Crippen LogP contribution in [0.4, 0.5) is 11.8 Å². The fourth-order valence-corrected chi connectivity index (χ4v) is 3.28. The number of nitrogens with zero attached hydrogens (tertiary/aromatic N) is 3. The number of hydrogen-bond donors (Lipinski definition) is 2. The first kappa shape index (κ1) is 14.9. The molecule has 0 saturated carbocycles. The van der Waals surface area contributed by atoms with Crippen molar-refractivity contribution in [3.05, 3.63) is 6.07 Å². The number of ether oxygens (including phenoxy) is 1. The summed E-state index contributed by atoms with van der Waals surface area (Å²) in [6.45, 7) is 6.14. The van der Waals surface area contributed by atoms with Crippen molar-refractivity contribution in [1.29, 1.82) is 0 Å². The maximum atomic E-state index is 12.3. The number of nitrogen functional groups attached to an aromatic ring is 1. The quantitative estimate of drug-likeness (QED) is 0.863. The van der Waals surface area contributed by atoms with Gasteiger partial charge in [0.05, 0.1) is 11.5 Å². The van der Waals surface area contributed by atoms with Crippen LogP contribution < -0.4 is 20.7 Å². The Balaban J connectivity index is 1.80. The van der Waals surface area contributed by atoms with Gasteiger partial charge in [0, 0.05) is 25.7 Å². The lowest BCUT2D eigenvalue weighted by atomic mass is 9.79. The van der Waals surface area contributed by atoms with E-state index in [2.05, 4.69) is 20.2 Å². The smallest absolute Gasteiger partial charge is 0.228 e. The van der Waals surface area contributed by atoms with E-state index in [1.165, 1.54) is 0 Å². The summed E-state index contributed by atoms with van der Waals surface area (Å²) in [6, 6.07) is 1.80. The third-order valence-corrected chi connectivity index (χ3v) is 4.34. The SMILES string of the molecule is CC(C)Oc1cc(N2CC[C@@]3(CCCNC3=O)C2)nc(N)n1. The van der Waals surface area contributed by atoms with Crippen molar-refractivity contribution < 1.29 is 9.53 Å². The van der Waals surface area contributed by atoms with Gasteiger partial charge in [0.2, 0.25) is 17.7 Å². The molecule has 7 heteroatoms. The fraction of sp³-hybridized carbons (Fsp3) is 0.667. The lowest BCUT2D eigenvalue weighted by Crippen LogP contribution is -2.47. The molecule has 22 heavy (non-hydrogen) atoms. The number of nitrogens with two attached hydrogens (primary N) is 1. The van der Waals surface area contributed by atoms with Crippen LogP contribution in [0.2, 0.25) is 0 Å². The van der Waals surface area contributed by atoms with Crippen LogP contribution in [0, 0.1) is 5.41 Å². The molecule has 0 aromatic carbocycles. The molecule has 1 aromatic heterocycles. The van der Waals surface area contributed by atoms with Gasteiger partial charge in [-0.05, 0) is 33.1 Å². The summed E-state index contributed by atoms with van der Waals surface area (Å²) < 4.78 is 5.62. The second-order valence-corrected chi connectivity index (χ2v) is 6.40. The van der Waals surface area contributed by atoms with Crippen LogP contribution in [-0.2, 0) is 4.79 Å². The molecule has 0 radical (unpaired) electrons. The molecule has 2 fully saturated rings. The van der Waals surface area contributed by atoms with E-state index in [0.717, 1.165) is 38.2 Å². The van der Waals surface area contributed by atoms with Gasteiger partial charge < -0.3 is 20.7 Å². The van der Waals surface area contributed by atoms with Gasteiger partial charge in [0.1, 0.15) is 5.82 Å². The first-order valence-corrected chi connectivity index (χ1v) is 7.83. The molecule has 7 nitrogen and oxygen atoms in total. The number of carbonyl (C=O) groups is 1. The van der Waals surface area contributed by atoms with E-state index in [4.69, 9.17) is 10.5 Å². The molecule has 0 aliphatic carbocycles. The van der Waals surface area contributed by atoms with Crippen molar-refractivity contribution >= 4 is 17.7 Å². The second kappa shape index (κ2) is 5.62. The molecule has 2 aliphatic rings. The molecule has 2 saturated heterocycles. The molecule has 0 bridgehead atoms. The van der Waals surface area contributed by atoms with Crippen LogP contribution in [0.3, 0.4) is 0 Å². The summed E-state index contributed by atoms with van der Waals surface area (Å²) in [5.41, 5.74) is 5.51. The standard InChI is InChI=1S/C15H23N5O2/c1-10(2)22-12-8-11(18-14(16)19-12)20-7-5-15(9-20)4-3-6-17-13(15)21/h8,10H,3-7,9H2,1-2H3,(H,17,21)(H2,16,18,19)/t15-/m0/s1. The van der Waals surface area contributed by atoms with Crippen LogP contribution in [0.1, 0.15) is 33.1 Å². The molecule has 0 unspecified atom stereocenters. The maximum absolute atomic E-state index is 12.3. The number of rotatable bonds is 3. The van der Waals surface area contributed by atoms with Gasteiger partial charge >= 0.3 is 0 Å². The molecule has 120 valence electrons. The number of carbonyl (C=O) groups excluding carboxylic acids is 1. The summed E-state index contributed by atoms with van der Waals surface area (Å²) in [4.78, 5) is 22.8. The van der Waals surface area contributed by atoms with E-state index < -0.39 is 0 Å². The highest BCUT2D eigenvalue weighted by Gasteiger charge is 2.46. The number of amides is 1. The van der Waals surface area contributed by atoms with E-state index in [-0.39, 0.29) is 23.4 Å². The van der Waals surface area contributed by atoms with Crippen molar-refractivity contribution in [3.63, 3.8) is 0 Å². The Labute approximate surface area is 130 Å². The second-order valence-electron chi connectivity index (χ2n) is 6.40. The highest BCUT2D eigenvalue weighted by Crippen LogP contribution is 2.39. The normalized spacial score (nSPS) is 24.9. The van der Waals surface area contributed by atoms with Crippen LogP contribution in [0.25, 0.3) is 0 Å². The molecular weight excluding hydrogens is 282 g/mol. The Bertz CT molecular complexity index is 577. The summed E-state index contributed by atoms with van der Waals surface area (Å²) in [7, 11) is 0. The van der Waals surface area contributed by atoms with Crippen molar-refractivity contribution in [2.45, 2.75) is 39.2 Å². The summed E-state index contributed by atoms with van der Waals surface area (Å²) in [6.07, 6.45) is 2.85. The minimum Gasteiger partial charge on any atom is -0.475 e. The molecule has 3 rings (SSSR count). The van der Waals surface area contributed by atoms with Crippen molar-refractivity contribution in [3.8, 4) is 5.88 Å². The first-order valence-electron chi connectivity index (χ1n) is 7.83. The predicted molar refractivity (Wildman–Crippen MR) is 83.7 cm³/mol. The fourth-order valence-electron chi connectivity index (χ4n) is 3.28. The van der Waals surface area contributed by atoms with Crippen LogP contribution in [0.5, 0.6) is 5.88 Å². The maximum Gasteiger partial charge on any atom is 0.228 e. The van der Waals surface area contributed by atoms with Gasteiger partial charge in [0.15, 0.2) is 0 Å². The topological polar surface area (TPSA) is 93.4 Å². The molecule has 1 spiro atoms. The third kappa shape index (κ3) is 2.80. The van der Waals surface area contributed by atoms with Gasteiger partial charge in [-0.15, -0.1) is 0 Å².